The first-order valence-electron chi connectivity index (χ1n) is 12.2. The second kappa shape index (κ2) is 9.94. The lowest BCUT2D eigenvalue weighted by Crippen LogP contribution is -2.36. The van der Waals surface area contributed by atoms with Crippen LogP contribution in [0.3, 0.4) is 0 Å². The van der Waals surface area contributed by atoms with Gasteiger partial charge in [0.05, 0.1) is 12.4 Å². The third kappa shape index (κ3) is 5.24. The van der Waals surface area contributed by atoms with Crippen LogP contribution in [0.1, 0.15) is 98.3 Å². The van der Waals surface area contributed by atoms with E-state index in [2.05, 4.69) is 39.8 Å². The predicted octanol–water partition coefficient (Wildman–Crippen LogP) is 7.92. The van der Waals surface area contributed by atoms with Gasteiger partial charge >= 0.3 is 0 Å². The molecule has 0 bridgehead atoms. The molecule has 0 saturated heterocycles. The van der Waals surface area contributed by atoms with Gasteiger partial charge < -0.3 is 5.11 Å². The highest BCUT2D eigenvalue weighted by molar-refractivity contribution is 5.37. The summed E-state index contributed by atoms with van der Waals surface area (Å²) in [6.07, 6.45) is 17.4. The first kappa shape index (κ1) is 22.8. The summed E-state index contributed by atoms with van der Waals surface area (Å²) < 4.78 is 13.3. The Bertz CT molecular complexity index is 643. The molecule has 3 aliphatic carbocycles. The molecule has 2 heteroatoms. The molecule has 3 saturated carbocycles. The van der Waals surface area contributed by atoms with Crippen LogP contribution in [0.4, 0.5) is 4.39 Å². The minimum atomic E-state index is -0.317. The maximum atomic E-state index is 13.3. The van der Waals surface area contributed by atoms with Crippen LogP contribution >= 0.6 is 0 Å². The fourth-order valence-electron chi connectivity index (χ4n) is 6.74. The molecule has 5 atom stereocenters. The minimum Gasteiger partial charge on any atom is -0.393 e. The Morgan fingerprint density at radius 1 is 1.07 bits per heavy atom. The van der Waals surface area contributed by atoms with Crippen LogP contribution in [-0.2, 0) is 0 Å². The van der Waals surface area contributed by atoms with Crippen molar-refractivity contribution in [3.05, 3.63) is 35.2 Å². The van der Waals surface area contributed by atoms with Gasteiger partial charge in [0.15, 0.2) is 0 Å². The van der Waals surface area contributed by atoms with Crippen LogP contribution in [0.5, 0.6) is 0 Å². The zero-order valence-electron chi connectivity index (χ0n) is 19.2. The number of hydrogen-bond acceptors (Lipinski definition) is 1. The molecule has 3 rings (SSSR count). The molecule has 164 valence electrons. The van der Waals surface area contributed by atoms with Crippen LogP contribution in [0.2, 0.25) is 0 Å². The maximum Gasteiger partial charge on any atom is 0.0901 e. The summed E-state index contributed by atoms with van der Waals surface area (Å²) in [5.41, 5.74) is 3.81. The van der Waals surface area contributed by atoms with E-state index in [0.29, 0.717) is 30.6 Å². The lowest BCUT2D eigenvalue weighted by molar-refractivity contribution is 0.0928. The standard InChI is InChI=1S/C27H43FO/c1-19(2)7-5-8-20(3)25-14-15-26-21(9-6-16-27(25,26)4)10-11-22-17-24(29)13-12-23(22)18-28/h10-11,18-20,24-26,29H,5-9,12-17H2,1-4H3/b21-10?,22-11-,23-18+/t20-,24+,25-,26?,27-/m1/s1. The molecule has 3 aliphatic rings. The summed E-state index contributed by atoms with van der Waals surface area (Å²) in [4.78, 5) is 0. The fourth-order valence-corrected chi connectivity index (χ4v) is 6.74. The normalized spacial score (nSPS) is 38.2. The molecule has 0 aromatic rings. The highest BCUT2D eigenvalue weighted by Gasteiger charge is 2.50. The lowest BCUT2D eigenvalue weighted by Gasteiger charge is -2.44. The van der Waals surface area contributed by atoms with Crippen LogP contribution in [0, 0.1) is 29.1 Å². The number of allylic oxidation sites excluding steroid dienone is 4. The number of fused-ring (bicyclic) bond motifs is 1. The van der Waals surface area contributed by atoms with Crippen molar-refractivity contribution < 1.29 is 9.50 Å². The van der Waals surface area contributed by atoms with E-state index >= 15 is 0 Å². The van der Waals surface area contributed by atoms with Crippen LogP contribution in [0.25, 0.3) is 0 Å². The van der Waals surface area contributed by atoms with Crippen LogP contribution in [0.15, 0.2) is 35.2 Å². The third-order valence-electron chi connectivity index (χ3n) is 8.41. The van der Waals surface area contributed by atoms with Crippen molar-refractivity contribution >= 4 is 0 Å². The van der Waals surface area contributed by atoms with Crippen molar-refractivity contribution in [2.24, 2.45) is 29.1 Å². The zero-order valence-corrected chi connectivity index (χ0v) is 19.2. The second-order valence-corrected chi connectivity index (χ2v) is 10.9. The van der Waals surface area contributed by atoms with Crippen LogP contribution < -0.4 is 0 Å². The van der Waals surface area contributed by atoms with Crippen molar-refractivity contribution in [1.29, 1.82) is 0 Å². The molecule has 0 aliphatic heterocycles. The highest BCUT2D eigenvalue weighted by atomic mass is 19.1. The summed E-state index contributed by atoms with van der Waals surface area (Å²) in [7, 11) is 0. The van der Waals surface area contributed by atoms with E-state index in [4.69, 9.17) is 0 Å². The van der Waals surface area contributed by atoms with Crippen molar-refractivity contribution in [3.8, 4) is 0 Å². The maximum absolute atomic E-state index is 13.3. The first-order valence-corrected chi connectivity index (χ1v) is 12.2. The molecule has 1 unspecified atom stereocenters. The van der Waals surface area contributed by atoms with Gasteiger partial charge in [-0.25, -0.2) is 4.39 Å². The Kier molecular flexibility index (Phi) is 7.81. The van der Waals surface area contributed by atoms with E-state index in [-0.39, 0.29) is 6.10 Å². The van der Waals surface area contributed by atoms with Gasteiger partial charge in [-0.2, -0.15) is 0 Å². The Morgan fingerprint density at radius 2 is 1.86 bits per heavy atom. The average molecular weight is 403 g/mol. The smallest absolute Gasteiger partial charge is 0.0901 e. The van der Waals surface area contributed by atoms with Crippen molar-refractivity contribution in [2.45, 2.75) is 104 Å². The van der Waals surface area contributed by atoms with E-state index in [1.165, 1.54) is 51.4 Å². The summed E-state index contributed by atoms with van der Waals surface area (Å²) >= 11 is 0. The Labute approximate surface area is 178 Å². The van der Waals surface area contributed by atoms with Crippen molar-refractivity contribution in [2.75, 3.05) is 0 Å². The van der Waals surface area contributed by atoms with Gasteiger partial charge in [-0.1, -0.05) is 64.7 Å². The molecule has 1 nitrogen and oxygen atoms in total. The molecular weight excluding hydrogens is 359 g/mol. The quantitative estimate of drug-likeness (QED) is 0.478. The Morgan fingerprint density at radius 3 is 2.59 bits per heavy atom. The van der Waals surface area contributed by atoms with Gasteiger partial charge in [-0.3, -0.25) is 0 Å². The highest BCUT2D eigenvalue weighted by Crippen LogP contribution is 2.59. The topological polar surface area (TPSA) is 20.2 Å². The molecule has 3 fully saturated rings. The lowest BCUT2D eigenvalue weighted by atomic mass is 9.60. The predicted molar refractivity (Wildman–Crippen MR) is 121 cm³/mol. The van der Waals surface area contributed by atoms with E-state index < -0.39 is 0 Å². The van der Waals surface area contributed by atoms with Gasteiger partial charge in [0.25, 0.3) is 0 Å². The van der Waals surface area contributed by atoms with Gasteiger partial charge in [-0.05, 0) is 91.6 Å². The third-order valence-corrected chi connectivity index (χ3v) is 8.41. The largest absolute Gasteiger partial charge is 0.393 e. The zero-order chi connectivity index (χ0) is 21.0. The number of hydrogen-bond donors (Lipinski definition) is 1. The number of rotatable bonds is 6. The Hall–Kier alpha value is -0.890. The molecule has 0 aromatic heterocycles. The summed E-state index contributed by atoms with van der Waals surface area (Å²) in [5, 5.41) is 10.0. The van der Waals surface area contributed by atoms with E-state index in [1.54, 1.807) is 5.57 Å². The monoisotopic (exact) mass is 402 g/mol. The molecule has 0 amide bonds. The van der Waals surface area contributed by atoms with Crippen molar-refractivity contribution in [3.63, 3.8) is 0 Å². The summed E-state index contributed by atoms with van der Waals surface area (Å²) in [5.74, 6) is 3.16. The summed E-state index contributed by atoms with van der Waals surface area (Å²) in [6, 6.07) is 0. The number of halogens is 1. The number of aliphatic hydroxyl groups is 1. The minimum absolute atomic E-state index is 0.317. The van der Waals surface area contributed by atoms with E-state index in [9.17, 15) is 9.50 Å². The number of aliphatic hydroxyl groups excluding tert-OH is 1. The molecule has 0 radical (unpaired) electrons. The fraction of sp³-hybridized carbons (Fsp3) is 0.778. The van der Waals surface area contributed by atoms with Crippen LogP contribution in [-0.4, -0.2) is 11.2 Å². The van der Waals surface area contributed by atoms with Gasteiger partial charge in [0, 0.05) is 0 Å². The van der Waals surface area contributed by atoms with Crippen molar-refractivity contribution in [1.82, 2.24) is 0 Å². The Balaban J connectivity index is 1.72. The van der Waals surface area contributed by atoms with Gasteiger partial charge in [0.2, 0.25) is 0 Å². The van der Waals surface area contributed by atoms with Gasteiger partial charge in [-0.15, -0.1) is 0 Å². The van der Waals surface area contributed by atoms with Gasteiger partial charge in [0.1, 0.15) is 0 Å². The average Bonchev–Trinajstić information content (AvgIpc) is 3.03. The first-order chi connectivity index (χ1) is 13.8. The summed E-state index contributed by atoms with van der Waals surface area (Å²) in [6.45, 7) is 9.73. The van der Waals surface area contributed by atoms with E-state index in [0.717, 1.165) is 35.2 Å². The van der Waals surface area contributed by atoms with E-state index in [1.807, 2.05) is 0 Å². The molecule has 0 aromatic carbocycles. The SMILES string of the molecule is CC(C)CCC[C@@H](C)[C@H]1CCC2C(=C/C=C3/C[C@@H](O)CC/C3=C\F)CCC[C@@]21C. The molecule has 1 N–H and O–H groups in total. The second-order valence-electron chi connectivity index (χ2n) is 10.9. The molecule has 0 heterocycles. The molecule has 29 heavy (non-hydrogen) atoms. The molecular formula is C27H43FO. The molecule has 0 spiro atoms.